The minimum Gasteiger partial charge on any atom is -0.384 e. The van der Waals surface area contributed by atoms with Crippen molar-refractivity contribution in [3.8, 4) is 11.1 Å². The standard InChI is InChI=1S/C15H12N2/c16-15-8-7-14(10-17-15)13-6-5-11-3-1-2-4-12(11)9-13/h1-10H,(H2,16,17). The highest BCUT2D eigenvalue weighted by atomic mass is 14.8. The fraction of sp³-hybridized carbons (Fsp3) is 0. The largest absolute Gasteiger partial charge is 0.384 e. The summed E-state index contributed by atoms with van der Waals surface area (Å²) in [5, 5.41) is 2.49. The Hall–Kier alpha value is -2.35. The van der Waals surface area contributed by atoms with Gasteiger partial charge in [-0.25, -0.2) is 4.98 Å². The Kier molecular flexibility index (Phi) is 2.26. The molecule has 0 saturated heterocycles. The number of anilines is 1. The van der Waals surface area contributed by atoms with Crippen molar-refractivity contribution < 1.29 is 0 Å². The lowest BCUT2D eigenvalue weighted by Crippen LogP contribution is -1.88. The molecule has 0 unspecified atom stereocenters. The third kappa shape index (κ3) is 1.85. The summed E-state index contributed by atoms with van der Waals surface area (Å²) in [6, 6.07) is 18.5. The highest BCUT2D eigenvalue weighted by Gasteiger charge is 1.99. The lowest BCUT2D eigenvalue weighted by Gasteiger charge is -2.04. The molecule has 0 spiro atoms. The van der Waals surface area contributed by atoms with Crippen molar-refractivity contribution in [2.24, 2.45) is 0 Å². The Morgan fingerprint density at radius 3 is 2.29 bits per heavy atom. The van der Waals surface area contributed by atoms with E-state index in [1.54, 1.807) is 6.20 Å². The zero-order valence-corrected chi connectivity index (χ0v) is 9.30. The van der Waals surface area contributed by atoms with Gasteiger partial charge in [0, 0.05) is 11.8 Å². The Morgan fingerprint density at radius 1 is 0.765 bits per heavy atom. The molecule has 0 aliphatic heterocycles. The lowest BCUT2D eigenvalue weighted by atomic mass is 10.0. The van der Waals surface area contributed by atoms with Crippen molar-refractivity contribution in [3.05, 3.63) is 60.8 Å². The smallest absolute Gasteiger partial charge is 0.123 e. The Balaban J connectivity index is 2.14. The zero-order valence-electron chi connectivity index (χ0n) is 9.30. The summed E-state index contributed by atoms with van der Waals surface area (Å²) in [6.07, 6.45) is 1.80. The van der Waals surface area contributed by atoms with Gasteiger partial charge in [0.05, 0.1) is 0 Å². The fourth-order valence-electron chi connectivity index (χ4n) is 1.94. The van der Waals surface area contributed by atoms with Crippen LogP contribution in [0.1, 0.15) is 0 Å². The monoisotopic (exact) mass is 220 g/mol. The van der Waals surface area contributed by atoms with Crippen LogP contribution < -0.4 is 5.73 Å². The molecule has 2 nitrogen and oxygen atoms in total. The van der Waals surface area contributed by atoms with Gasteiger partial charge in [-0.15, -0.1) is 0 Å². The maximum atomic E-state index is 5.58. The van der Waals surface area contributed by atoms with Crippen LogP contribution in [0.5, 0.6) is 0 Å². The fourth-order valence-corrected chi connectivity index (χ4v) is 1.94. The van der Waals surface area contributed by atoms with Gasteiger partial charge in [0.15, 0.2) is 0 Å². The number of hydrogen-bond donors (Lipinski definition) is 1. The van der Waals surface area contributed by atoms with Gasteiger partial charge >= 0.3 is 0 Å². The molecule has 1 aromatic heterocycles. The average Bonchev–Trinajstić information content (AvgIpc) is 2.39. The summed E-state index contributed by atoms with van der Waals surface area (Å²) in [6.45, 7) is 0. The number of nitrogens with zero attached hydrogens (tertiary/aromatic N) is 1. The van der Waals surface area contributed by atoms with Gasteiger partial charge in [-0.3, -0.25) is 0 Å². The van der Waals surface area contributed by atoms with Gasteiger partial charge in [-0.05, 0) is 34.5 Å². The van der Waals surface area contributed by atoms with E-state index in [1.165, 1.54) is 10.8 Å². The number of aromatic nitrogens is 1. The summed E-state index contributed by atoms with van der Waals surface area (Å²) in [4.78, 5) is 4.11. The molecule has 3 rings (SSSR count). The van der Waals surface area contributed by atoms with Gasteiger partial charge < -0.3 is 5.73 Å². The third-order valence-corrected chi connectivity index (χ3v) is 2.87. The van der Waals surface area contributed by atoms with Crippen LogP contribution in [0, 0.1) is 0 Å². The van der Waals surface area contributed by atoms with E-state index >= 15 is 0 Å². The van der Waals surface area contributed by atoms with Crippen LogP contribution in [-0.2, 0) is 0 Å². The van der Waals surface area contributed by atoms with Crippen LogP contribution in [0.3, 0.4) is 0 Å². The van der Waals surface area contributed by atoms with Crippen LogP contribution in [0.25, 0.3) is 21.9 Å². The molecule has 0 fully saturated rings. The minimum absolute atomic E-state index is 0.550. The molecule has 82 valence electrons. The van der Waals surface area contributed by atoms with Gasteiger partial charge in [0.2, 0.25) is 0 Å². The second-order valence-electron chi connectivity index (χ2n) is 4.03. The first-order valence-electron chi connectivity index (χ1n) is 5.54. The highest BCUT2D eigenvalue weighted by Crippen LogP contribution is 2.24. The number of rotatable bonds is 1. The van der Waals surface area contributed by atoms with Crippen molar-refractivity contribution in [1.82, 2.24) is 4.98 Å². The normalized spacial score (nSPS) is 10.6. The van der Waals surface area contributed by atoms with E-state index < -0.39 is 0 Å². The first-order chi connectivity index (χ1) is 8.33. The van der Waals surface area contributed by atoms with Crippen LogP contribution in [0.2, 0.25) is 0 Å². The molecular weight excluding hydrogens is 208 g/mol. The topological polar surface area (TPSA) is 38.9 Å². The van der Waals surface area contributed by atoms with E-state index in [1.807, 2.05) is 24.3 Å². The summed E-state index contributed by atoms with van der Waals surface area (Å²) in [7, 11) is 0. The predicted octanol–water partition coefficient (Wildman–Crippen LogP) is 3.48. The number of fused-ring (bicyclic) bond motifs is 1. The quantitative estimate of drug-likeness (QED) is 0.681. The Labute approximate surface area is 99.7 Å². The molecule has 0 atom stereocenters. The Bertz CT molecular complexity index is 657. The molecule has 2 N–H and O–H groups in total. The van der Waals surface area contributed by atoms with E-state index in [2.05, 4.69) is 35.3 Å². The molecule has 17 heavy (non-hydrogen) atoms. The number of benzene rings is 2. The number of nitrogen functional groups attached to an aromatic ring is 1. The van der Waals surface area contributed by atoms with Gasteiger partial charge in [0.1, 0.15) is 5.82 Å². The van der Waals surface area contributed by atoms with E-state index in [9.17, 15) is 0 Å². The van der Waals surface area contributed by atoms with Gasteiger partial charge in [-0.1, -0.05) is 36.4 Å². The van der Waals surface area contributed by atoms with Crippen molar-refractivity contribution >= 4 is 16.6 Å². The molecule has 1 heterocycles. The summed E-state index contributed by atoms with van der Waals surface area (Å²) in [5.41, 5.74) is 7.84. The first-order valence-corrected chi connectivity index (χ1v) is 5.54. The molecule has 3 aromatic rings. The summed E-state index contributed by atoms with van der Waals surface area (Å²) in [5.74, 6) is 0.550. The van der Waals surface area contributed by atoms with Gasteiger partial charge in [-0.2, -0.15) is 0 Å². The SMILES string of the molecule is Nc1ccc(-c2ccc3ccccc3c2)cn1. The zero-order chi connectivity index (χ0) is 11.7. The second kappa shape index (κ2) is 3.91. The number of nitrogens with two attached hydrogens (primary N) is 1. The lowest BCUT2D eigenvalue weighted by molar-refractivity contribution is 1.34. The van der Waals surface area contributed by atoms with Crippen molar-refractivity contribution in [2.75, 3.05) is 5.73 Å². The average molecular weight is 220 g/mol. The van der Waals surface area contributed by atoms with Crippen LogP contribution in [0.4, 0.5) is 5.82 Å². The first kappa shape index (κ1) is 9.85. The molecule has 0 radical (unpaired) electrons. The maximum Gasteiger partial charge on any atom is 0.123 e. The summed E-state index contributed by atoms with van der Waals surface area (Å²) >= 11 is 0. The van der Waals surface area contributed by atoms with Gasteiger partial charge in [0.25, 0.3) is 0 Å². The van der Waals surface area contributed by atoms with Crippen molar-refractivity contribution in [2.45, 2.75) is 0 Å². The number of hydrogen-bond acceptors (Lipinski definition) is 2. The maximum absolute atomic E-state index is 5.58. The molecule has 0 aliphatic carbocycles. The molecule has 2 aromatic carbocycles. The minimum atomic E-state index is 0.550. The van der Waals surface area contributed by atoms with Crippen molar-refractivity contribution in [1.29, 1.82) is 0 Å². The molecule has 0 saturated carbocycles. The third-order valence-electron chi connectivity index (χ3n) is 2.87. The predicted molar refractivity (Wildman–Crippen MR) is 71.6 cm³/mol. The van der Waals surface area contributed by atoms with E-state index in [0.29, 0.717) is 5.82 Å². The molecular formula is C15H12N2. The van der Waals surface area contributed by atoms with Crippen LogP contribution in [0.15, 0.2) is 60.8 Å². The van der Waals surface area contributed by atoms with E-state index in [4.69, 9.17) is 5.73 Å². The van der Waals surface area contributed by atoms with Crippen LogP contribution >= 0.6 is 0 Å². The van der Waals surface area contributed by atoms with Crippen LogP contribution in [-0.4, -0.2) is 4.98 Å². The molecule has 0 bridgehead atoms. The summed E-state index contributed by atoms with van der Waals surface area (Å²) < 4.78 is 0. The highest BCUT2D eigenvalue weighted by molar-refractivity contribution is 5.87. The molecule has 0 aliphatic rings. The second-order valence-corrected chi connectivity index (χ2v) is 4.03. The number of pyridine rings is 1. The molecule has 0 amide bonds. The van der Waals surface area contributed by atoms with Crippen molar-refractivity contribution in [3.63, 3.8) is 0 Å². The van der Waals surface area contributed by atoms with E-state index in [0.717, 1.165) is 11.1 Å². The molecule has 2 heteroatoms. The Morgan fingerprint density at radius 2 is 1.53 bits per heavy atom. The van der Waals surface area contributed by atoms with E-state index in [-0.39, 0.29) is 0 Å².